The minimum absolute atomic E-state index is 0.309. The fourth-order valence-electron chi connectivity index (χ4n) is 2.93. The number of piperidine rings is 1. The first-order chi connectivity index (χ1) is 10.5. The molecule has 0 atom stereocenters. The summed E-state index contributed by atoms with van der Waals surface area (Å²) in [6.45, 7) is 2.83. The van der Waals surface area contributed by atoms with Crippen molar-refractivity contribution < 1.29 is 9.53 Å². The monoisotopic (exact) mass is 319 g/mol. The Kier molecular flexibility index (Phi) is 4.53. The molecule has 1 saturated heterocycles. The van der Waals surface area contributed by atoms with Crippen LogP contribution in [0.5, 0.6) is 0 Å². The zero-order valence-electron chi connectivity index (χ0n) is 12.3. The lowest BCUT2D eigenvalue weighted by atomic mass is 9.68. The molecule has 0 aromatic rings. The van der Waals surface area contributed by atoms with Gasteiger partial charge in [-0.1, -0.05) is 11.8 Å². The number of ether oxygens (including phenoxy) is 1. The van der Waals surface area contributed by atoms with Crippen molar-refractivity contribution >= 4 is 17.9 Å². The lowest BCUT2D eigenvalue weighted by molar-refractivity contribution is 0.0860. The lowest BCUT2D eigenvalue weighted by Crippen LogP contribution is -2.46. The molecule has 0 bridgehead atoms. The number of carbonyl (C=O) groups excluding carboxylic acids is 1. The highest BCUT2D eigenvalue weighted by molar-refractivity contribution is 8.06. The van der Waals surface area contributed by atoms with Gasteiger partial charge in [-0.05, 0) is 19.8 Å². The van der Waals surface area contributed by atoms with E-state index in [1.165, 1.54) is 0 Å². The molecule has 116 valence electrons. The number of likely N-dealkylation sites (tertiary alicyclic amines) is 1. The molecule has 2 aliphatic rings. The number of rotatable bonds is 1. The SMILES string of the molecule is CCOC(=O)N1CCC2(CC1)C(C#N)=C(N)SC(N)=C2C#N. The van der Waals surface area contributed by atoms with Crippen LogP contribution < -0.4 is 11.5 Å². The molecule has 4 N–H and O–H groups in total. The van der Waals surface area contributed by atoms with Crippen molar-refractivity contribution in [2.75, 3.05) is 19.7 Å². The van der Waals surface area contributed by atoms with Gasteiger partial charge in [0.25, 0.3) is 0 Å². The van der Waals surface area contributed by atoms with E-state index in [1.54, 1.807) is 11.8 Å². The normalized spacial score (nSPS) is 20.6. The highest BCUT2D eigenvalue weighted by atomic mass is 32.2. The average Bonchev–Trinajstić information content (AvgIpc) is 2.48. The van der Waals surface area contributed by atoms with E-state index in [0.717, 1.165) is 11.8 Å². The lowest BCUT2D eigenvalue weighted by Gasteiger charge is -2.43. The van der Waals surface area contributed by atoms with Crippen LogP contribution in [0.2, 0.25) is 0 Å². The van der Waals surface area contributed by atoms with Gasteiger partial charge in [0.05, 0.1) is 39.9 Å². The van der Waals surface area contributed by atoms with Crippen molar-refractivity contribution in [3.63, 3.8) is 0 Å². The van der Waals surface area contributed by atoms with Gasteiger partial charge >= 0.3 is 6.09 Å². The second-order valence-electron chi connectivity index (χ2n) is 5.07. The molecular weight excluding hydrogens is 302 g/mol. The van der Waals surface area contributed by atoms with Crippen LogP contribution >= 0.6 is 11.8 Å². The second kappa shape index (κ2) is 6.20. The average molecular weight is 319 g/mol. The van der Waals surface area contributed by atoms with E-state index in [0.29, 0.717) is 53.7 Å². The van der Waals surface area contributed by atoms with E-state index in [2.05, 4.69) is 12.1 Å². The highest BCUT2D eigenvalue weighted by Gasteiger charge is 2.47. The van der Waals surface area contributed by atoms with E-state index in [1.807, 2.05) is 0 Å². The molecule has 8 heteroatoms. The minimum atomic E-state index is -0.786. The van der Waals surface area contributed by atoms with Crippen LogP contribution in [0, 0.1) is 28.1 Å². The molecule has 1 fully saturated rings. The maximum absolute atomic E-state index is 11.8. The van der Waals surface area contributed by atoms with Gasteiger partial charge in [0, 0.05) is 18.5 Å². The van der Waals surface area contributed by atoms with E-state index < -0.39 is 5.41 Å². The van der Waals surface area contributed by atoms with Crippen molar-refractivity contribution in [1.82, 2.24) is 4.90 Å². The summed E-state index contributed by atoms with van der Waals surface area (Å²) < 4.78 is 4.99. The summed E-state index contributed by atoms with van der Waals surface area (Å²) >= 11 is 1.05. The Balaban J connectivity index is 2.33. The molecular formula is C14H17N5O2S. The highest BCUT2D eigenvalue weighted by Crippen LogP contribution is 2.51. The number of nitrogens with zero attached hydrogens (tertiary/aromatic N) is 3. The Labute approximate surface area is 133 Å². The number of hydrogen-bond acceptors (Lipinski definition) is 7. The predicted molar refractivity (Wildman–Crippen MR) is 81.5 cm³/mol. The Hall–Kier alpha value is -2.32. The van der Waals surface area contributed by atoms with Gasteiger partial charge in [-0.15, -0.1) is 0 Å². The maximum atomic E-state index is 11.8. The number of allylic oxidation sites excluding steroid dienone is 2. The zero-order chi connectivity index (χ0) is 16.3. The zero-order valence-corrected chi connectivity index (χ0v) is 13.1. The van der Waals surface area contributed by atoms with Gasteiger partial charge in [0.1, 0.15) is 0 Å². The predicted octanol–water partition coefficient (Wildman–Crippen LogP) is 1.36. The van der Waals surface area contributed by atoms with Crippen LogP contribution in [0.15, 0.2) is 21.2 Å². The fraction of sp³-hybridized carbons (Fsp3) is 0.500. The van der Waals surface area contributed by atoms with Gasteiger partial charge < -0.3 is 21.1 Å². The maximum Gasteiger partial charge on any atom is 0.409 e. The summed E-state index contributed by atoms with van der Waals surface area (Å²) in [7, 11) is 0. The summed E-state index contributed by atoms with van der Waals surface area (Å²) in [4.78, 5) is 13.4. The number of amides is 1. The van der Waals surface area contributed by atoms with E-state index >= 15 is 0 Å². The quantitative estimate of drug-likeness (QED) is 0.746. The Bertz CT molecular complexity index is 595. The van der Waals surface area contributed by atoms with Gasteiger partial charge in [0.2, 0.25) is 0 Å². The molecule has 0 radical (unpaired) electrons. The summed E-state index contributed by atoms with van der Waals surface area (Å²) in [6, 6.07) is 4.25. The van der Waals surface area contributed by atoms with Crippen LogP contribution in [-0.2, 0) is 4.74 Å². The number of hydrogen-bond donors (Lipinski definition) is 2. The van der Waals surface area contributed by atoms with Crippen molar-refractivity contribution in [2.24, 2.45) is 16.9 Å². The third-order valence-electron chi connectivity index (χ3n) is 4.04. The molecule has 22 heavy (non-hydrogen) atoms. The van der Waals surface area contributed by atoms with Gasteiger partial charge in [-0.3, -0.25) is 0 Å². The largest absolute Gasteiger partial charge is 0.450 e. The van der Waals surface area contributed by atoms with Gasteiger partial charge in [0.15, 0.2) is 0 Å². The molecule has 0 aromatic carbocycles. The third kappa shape index (κ3) is 2.46. The topological polar surface area (TPSA) is 129 Å². The molecule has 7 nitrogen and oxygen atoms in total. The standard InChI is InChI=1S/C14H17N5O2S/c1-2-21-13(20)19-5-3-14(4-6-19)9(7-15)11(17)22-12(18)10(14)8-16/h2-6,17-18H2,1H3. The first kappa shape index (κ1) is 16.1. The summed E-state index contributed by atoms with van der Waals surface area (Å²) in [6.07, 6.45) is 0.479. The molecule has 1 amide bonds. The smallest absolute Gasteiger partial charge is 0.409 e. The van der Waals surface area contributed by atoms with Crippen molar-refractivity contribution in [1.29, 1.82) is 10.5 Å². The molecule has 0 unspecified atom stereocenters. The number of carbonyl (C=O) groups is 1. The van der Waals surface area contributed by atoms with Crippen LogP contribution in [-0.4, -0.2) is 30.7 Å². The van der Waals surface area contributed by atoms with Gasteiger partial charge in [-0.25, -0.2) is 4.79 Å². The number of thioether (sulfide) groups is 1. The molecule has 0 saturated carbocycles. The number of nitriles is 2. The molecule has 1 spiro atoms. The van der Waals surface area contributed by atoms with Crippen LogP contribution in [0.25, 0.3) is 0 Å². The van der Waals surface area contributed by atoms with Crippen LogP contribution in [0.1, 0.15) is 19.8 Å². The van der Waals surface area contributed by atoms with Crippen molar-refractivity contribution in [2.45, 2.75) is 19.8 Å². The van der Waals surface area contributed by atoms with E-state index in [9.17, 15) is 15.3 Å². The molecule has 2 aliphatic heterocycles. The van der Waals surface area contributed by atoms with Crippen LogP contribution in [0.3, 0.4) is 0 Å². The van der Waals surface area contributed by atoms with Crippen molar-refractivity contribution in [3.8, 4) is 12.1 Å². The summed E-state index contributed by atoms with van der Waals surface area (Å²) in [5, 5.41) is 19.6. The molecule has 2 rings (SSSR count). The first-order valence-corrected chi connectivity index (χ1v) is 7.72. The minimum Gasteiger partial charge on any atom is -0.450 e. The van der Waals surface area contributed by atoms with E-state index in [-0.39, 0.29) is 6.09 Å². The molecule has 0 aromatic heterocycles. The summed E-state index contributed by atoms with van der Waals surface area (Å²) in [5.74, 6) is 0. The Morgan fingerprint density at radius 2 is 1.77 bits per heavy atom. The Morgan fingerprint density at radius 3 is 2.18 bits per heavy atom. The van der Waals surface area contributed by atoms with Crippen LogP contribution in [0.4, 0.5) is 4.79 Å². The summed E-state index contributed by atoms with van der Waals surface area (Å²) in [5.41, 5.74) is 11.8. The van der Waals surface area contributed by atoms with E-state index in [4.69, 9.17) is 16.2 Å². The van der Waals surface area contributed by atoms with Crippen molar-refractivity contribution in [3.05, 3.63) is 21.2 Å². The number of nitrogens with two attached hydrogens (primary N) is 2. The molecule has 2 heterocycles. The third-order valence-corrected chi connectivity index (χ3v) is 4.88. The fourth-order valence-corrected chi connectivity index (χ4v) is 3.85. The second-order valence-corrected chi connectivity index (χ2v) is 6.16. The molecule has 0 aliphatic carbocycles. The van der Waals surface area contributed by atoms with Gasteiger partial charge in [-0.2, -0.15) is 10.5 Å². The first-order valence-electron chi connectivity index (χ1n) is 6.90. The Morgan fingerprint density at radius 1 is 1.27 bits per heavy atom.